The van der Waals surface area contributed by atoms with E-state index in [0.717, 1.165) is 6.07 Å². The van der Waals surface area contributed by atoms with Crippen LogP contribution in [0.15, 0.2) is 41.3 Å². The molecule has 2 aromatic rings. The topological polar surface area (TPSA) is 84.0 Å². The molecule has 0 unspecified atom stereocenters. The number of nitriles is 1. The van der Waals surface area contributed by atoms with Crippen LogP contribution in [0.25, 0.3) is 0 Å². The Balaban J connectivity index is 2.37. The summed E-state index contributed by atoms with van der Waals surface area (Å²) in [6.45, 7) is 0. The largest absolute Gasteiger partial charge is 0.398 e. The van der Waals surface area contributed by atoms with E-state index < -0.39 is 15.7 Å². The third kappa shape index (κ3) is 3.32. The maximum absolute atomic E-state index is 13.2. The summed E-state index contributed by atoms with van der Waals surface area (Å²) < 4.78 is 37.8. The third-order valence-electron chi connectivity index (χ3n) is 2.84. The highest BCUT2D eigenvalue weighted by Gasteiger charge is 2.17. The maximum atomic E-state index is 13.2. The highest BCUT2D eigenvalue weighted by Crippen LogP contribution is 2.25. The zero-order valence-corrected chi connectivity index (χ0v) is 12.2. The third-order valence-corrected chi connectivity index (χ3v) is 4.85. The van der Waals surface area contributed by atoms with E-state index in [1.807, 2.05) is 0 Å². The molecule has 0 saturated heterocycles. The second kappa shape index (κ2) is 5.72. The Morgan fingerprint density at radius 1 is 1.24 bits per heavy atom. The predicted molar refractivity (Wildman–Crippen MR) is 77.9 cm³/mol. The first kappa shape index (κ1) is 15.3. The molecule has 0 aliphatic carbocycles. The van der Waals surface area contributed by atoms with Crippen LogP contribution in [0, 0.1) is 17.1 Å². The molecule has 4 nitrogen and oxygen atoms in total. The van der Waals surface area contributed by atoms with Crippen LogP contribution in [0.5, 0.6) is 0 Å². The zero-order valence-electron chi connectivity index (χ0n) is 10.7. The van der Waals surface area contributed by atoms with E-state index in [2.05, 4.69) is 0 Å². The van der Waals surface area contributed by atoms with Gasteiger partial charge in [0.05, 0.1) is 26.9 Å². The summed E-state index contributed by atoms with van der Waals surface area (Å²) in [5, 5.41) is 8.90. The number of rotatable bonds is 3. The molecular formula is C14H10ClFN2O2S. The number of benzene rings is 2. The molecule has 0 amide bonds. The molecule has 0 spiro atoms. The Kier molecular flexibility index (Phi) is 4.16. The van der Waals surface area contributed by atoms with Crippen molar-refractivity contribution >= 4 is 27.1 Å². The fourth-order valence-corrected chi connectivity index (χ4v) is 3.36. The molecule has 0 aromatic heterocycles. The number of hydrogen-bond donors (Lipinski definition) is 1. The van der Waals surface area contributed by atoms with Gasteiger partial charge in [-0.3, -0.25) is 0 Å². The molecule has 0 saturated carbocycles. The minimum atomic E-state index is -3.66. The van der Waals surface area contributed by atoms with Gasteiger partial charge >= 0.3 is 0 Å². The van der Waals surface area contributed by atoms with Crippen LogP contribution in [-0.4, -0.2) is 8.42 Å². The molecule has 0 atom stereocenters. The Bertz CT molecular complexity index is 845. The first-order chi connectivity index (χ1) is 9.83. The summed E-state index contributed by atoms with van der Waals surface area (Å²) in [6, 6.07) is 9.30. The fourth-order valence-electron chi connectivity index (χ4n) is 1.75. The number of nitrogen functional groups attached to an aromatic ring is 1. The summed E-state index contributed by atoms with van der Waals surface area (Å²) in [5.74, 6) is -1.04. The van der Waals surface area contributed by atoms with Crippen molar-refractivity contribution in [2.24, 2.45) is 0 Å². The normalized spacial score (nSPS) is 11.1. The van der Waals surface area contributed by atoms with E-state index in [4.69, 9.17) is 22.6 Å². The second-order valence-electron chi connectivity index (χ2n) is 4.37. The van der Waals surface area contributed by atoms with Gasteiger partial charge in [0.15, 0.2) is 9.84 Å². The lowest BCUT2D eigenvalue weighted by Gasteiger charge is -2.07. The Hall–Kier alpha value is -2.10. The fraction of sp³-hybridized carbons (Fsp3) is 0.0714. The van der Waals surface area contributed by atoms with Crippen LogP contribution >= 0.6 is 11.6 Å². The monoisotopic (exact) mass is 324 g/mol. The van der Waals surface area contributed by atoms with Crippen molar-refractivity contribution in [1.29, 1.82) is 5.26 Å². The van der Waals surface area contributed by atoms with Gasteiger partial charge in [0, 0.05) is 0 Å². The Morgan fingerprint density at radius 2 is 1.95 bits per heavy atom. The van der Waals surface area contributed by atoms with Gasteiger partial charge in [0.2, 0.25) is 0 Å². The lowest BCUT2D eigenvalue weighted by Crippen LogP contribution is -2.06. The van der Waals surface area contributed by atoms with Gasteiger partial charge in [-0.05, 0) is 35.9 Å². The maximum Gasteiger partial charge on any atom is 0.182 e. The van der Waals surface area contributed by atoms with Crippen LogP contribution in [-0.2, 0) is 15.6 Å². The van der Waals surface area contributed by atoms with E-state index in [1.165, 1.54) is 30.3 Å². The van der Waals surface area contributed by atoms with Gasteiger partial charge in [-0.2, -0.15) is 5.26 Å². The molecule has 0 aliphatic heterocycles. The standard InChI is InChI=1S/C14H10ClFN2O2S/c15-12-6-11(2-4-14(12)18)21(19,20)8-9-1-3-13(16)10(5-9)7-17/h1-6H,8,18H2. The van der Waals surface area contributed by atoms with Crippen molar-refractivity contribution in [2.75, 3.05) is 5.73 Å². The van der Waals surface area contributed by atoms with Crippen molar-refractivity contribution in [3.63, 3.8) is 0 Å². The summed E-state index contributed by atoms with van der Waals surface area (Å²) in [7, 11) is -3.66. The summed E-state index contributed by atoms with van der Waals surface area (Å²) >= 11 is 5.81. The van der Waals surface area contributed by atoms with Crippen LogP contribution in [0.1, 0.15) is 11.1 Å². The second-order valence-corrected chi connectivity index (χ2v) is 6.77. The van der Waals surface area contributed by atoms with Gasteiger partial charge in [0.25, 0.3) is 0 Å². The quantitative estimate of drug-likeness (QED) is 0.880. The number of hydrogen-bond acceptors (Lipinski definition) is 4. The van der Waals surface area contributed by atoms with Gasteiger partial charge in [-0.25, -0.2) is 12.8 Å². The number of sulfone groups is 1. The Labute approximate surface area is 126 Å². The molecule has 2 N–H and O–H groups in total. The van der Waals surface area contributed by atoms with E-state index >= 15 is 0 Å². The van der Waals surface area contributed by atoms with Crippen LogP contribution in [0.2, 0.25) is 5.02 Å². The molecule has 0 bridgehead atoms. The van der Waals surface area contributed by atoms with Crippen LogP contribution in [0.3, 0.4) is 0 Å². The number of anilines is 1. The molecule has 0 radical (unpaired) electrons. The minimum absolute atomic E-state index is 0.0181. The highest BCUT2D eigenvalue weighted by molar-refractivity contribution is 7.90. The molecule has 2 aromatic carbocycles. The predicted octanol–water partition coefficient (Wildman–Crippen LogP) is 2.91. The number of nitrogens with two attached hydrogens (primary N) is 1. The summed E-state index contributed by atoms with van der Waals surface area (Å²) in [4.78, 5) is 0.0181. The average Bonchev–Trinajstić information content (AvgIpc) is 2.43. The van der Waals surface area contributed by atoms with Gasteiger partial charge in [0.1, 0.15) is 11.9 Å². The molecule has 0 fully saturated rings. The minimum Gasteiger partial charge on any atom is -0.398 e. The van der Waals surface area contributed by atoms with Crippen molar-refractivity contribution < 1.29 is 12.8 Å². The lowest BCUT2D eigenvalue weighted by molar-refractivity contribution is 0.594. The van der Waals surface area contributed by atoms with E-state index in [0.29, 0.717) is 5.56 Å². The number of halogens is 2. The Morgan fingerprint density at radius 3 is 2.57 bits per heavy atom. The molecular weight excluding hydrogens is 315 g/mol. The number of nitrogens with zero attached hydrogens (tertiary/aromatic N) is 1. The summed E-state index contributed by atoms with van der Waals surface area (Å²) in [6.07, 6.45) is 0. The zero-order chi connectivity index (χ0) is 15.6. The SMILES string of the molecule is N#Cc1cc(CS(=O)(=O)c2ccc(N)c(Cl)c2)ccc1F. The van der Waals surface area contributed by atoms with E-state index in [-0.39, 0.29) is 26.9 Å². The van der Waals surface area contributed by atoms with Crippen LogP contribution < -0.4 is 5.73 Å². The van der Waals surface area contributed by atoms with Crippen molar-refractivity contribution in [3.05, 3.63) is 58.4 Å². The molecule has 108 valence electrons. The van der Waals surface area contributed by atoms with Gasteiger partial charge in [-0.1, -0.05) is 17.7 Å². The highest BCUT2D eigenvalue weighted by atomic mass is 35.5. The van der Waals surface area contributed by atoms with Crippen molar-refractivity contribution in [2.45, 2.75) is 10.6 Å². The first-order valence-electron chi connectivity index (χ1n) is 5.80. The molecule has 0 aliphatic rings. The summed E-state index contributed by atoms with van der Waals surface area (Å²) in [5.41, 5.74) is 5.94. The average molecular weight is 325 g/mol. The molecule has 7 heteroatoms. The van der Waals surface area contributed by atoms with Crippen LogP contribution in [0.4, 0.5) is 10.1 Å². The lowest BCUT2D eigenvalue weighted by atomic mass is 10.1. The first-order valence-corrected chi connectivity index (χ1v) is 7.83. The van der Waals surface area contributed by atoms with E-state index in [1.54, 1.807) is 6.07 Å². The van der Waals surface area contributed by atoms with Crippen molar-refractivity contribution in [3.8, 4) is 6.07 Å². The van der Waals surface area contributed by atoms with Gasteiger partial charge < -0.3 is 5.73 Å². The molecule has 21 heavy (non-hydrogen) atoms. The smallest absolute Gasteiger partial charge is 0.182 e. The molecule has 2 rings (SSSR count). The van der Waals surface area contributed by atoms with Crippen molar-refractivity contribution in [1.82, 2.24) is 0 Å². The van der Waals surface area contributed by atoms with Gasteiger partial charge in [-0.15, -0.1) is 0 Å². The van der Waals surface area contributed by atoms with E-state index in [9.17, 15) is 12.8 Å². The molecule has 0 heterocycles.